The van der Waals surface area contributed by atoms with Gasteiger partial charge in [-0.25, -0.2) is 0 Å². The Bertz CT molecular complexity index is 259. The second-order valence-corrected chi connectivity index (χ2v) is 4.81. The zero-order chi connectivity index (χ0) is 14.9. The van der Waals surface area contributed by atoms with Gasteiger partial charge in [0.05, 0.1) is 13.7 Å². The number of likely N-dealkylation sites (tertiary alicyclic amines) is 2. The maximum atomic E-state index is 11.3. The molecule has 0 bridgehead atoms. The van der Waals surface area contributed by atoms with Crippen LogP contribution >= 0.6 is 0 Å². The number of carbonyl (C=O) groups is 1. The summed E-state index contributed by atoms with van der Waals surface area (Å²) in [6, 6.07) is 0. The number of ether oxygens (including phenoxy) is 1. The minimum absolute atomic E-state index is 0.106. The summed E-state index contributed by atoms with van der Waals surface area (Å²) in [5.41, 5.74) is 0.267. The monoisotopic (exact) mass is 272 g/mol. The van der Waals surface area contributed by atoms with Crippen molar-refractivity contribution in [1.29, 1.82) is 0 Å². The molecule has 1 atom stereocenters. The fraction of sp³-hybridized carbons (Fsp3) is 0.933. The Morgan fingerprint density at radius 2 is 1.79 bits per heavy atom. The molecule has 4 nitrogen and oxygen atoms in total. The van der Waals surface area contributed by atoms with Crippen LogP contribution in [-0.4, -0.2) is 61.6 Å². The van der Waals surface area contributed by atoms with E-state index in [2.05, 4.69) is 16.8 Å². The van der Waals surface area contributed by atoms with Gasteiger partial charge in [0.2, 0.25) is 0 Å². The second-order valence-electron chi connectivity index (χ2n) is 4.81. The molecule has 2 fully saturated rings. The normalized spacial score (nSPS) is 26.4. The molecule has 2 aliphatic heterocycles. The van der Waals surface area contributed by atoms with Crippen molar-refractivity contribution in [2.75, 3.05) is 40.3 Å². The van der Waals surface area contributed by atoms with E-state index in [0.29, 0.717) is 6.54 Å². The molecule has 4 heteroatoms. The molecular weight excluding hydrogens is 240 g/mol. The highest BCUT2D eigenvalue weighted by atomic mass is 16.5. The minimum atomic E-state index is -0.106. The van der Waals surface area contributed by atoms with E-state index in [4.69, 9.17) is 4.74 Å². The molecule has 0 aromatic rings. The van der Waals surface area contributed by atoms with E-state index in [1.807, 2.05) is 27.7 Å². The van der Waals surface area contributed by atoms with Crippen molar-refractivity contribution < 1.29 is 9.53 Å². The number of likely N-dealkylation sites (N-methyl/N-ethyl adjacent to an activating group) is 1. The average molecular weight is 272 g/mol. The van der Waals surface area contributed by atoms with Gasteiger partial charge in [0.1, 0.15) is 0 Å². The maximum Gasteiger partial charge on any atom is 0.319 e. The number of hydrogen-bond acceptors (Lipinski definition) is 4. The number of hydrogen-bond donors (Lipinski definition) is 0. The van der Waals surface area contributed by atoms with Gasteiger partial charge in [-0.1, -0.05) is 27.7 Å². The molecule has 2 saturated heterocycles. The van der Waals surface area contributed by atoms with Crippen molar-refractivity contribution in [2.24, 2.45) is 0 Å². The average Bonchev–Trinajstić information content (AvgIpc) is 3.02. The van der Waals surface area contributed by atoms with Crippen LogP contribution in [0.15, 0.2) is 0 Å². The quantitative estimate of drug-likeness (QED) is 0.723. The molecule has 19 heavy (non-hydrogen) atoms. The smallest absolute Gasteiger partial charge is 0.319 e. The molecule has 0 aliphatic carbocycles. The highest BCUT2D eigenvalue weighted by Crippen LogP contribution is 2.36. The third-order valence-corrected chi connectivity index (χ3v) is 3.81. The van der Waals surface area contributed by atoms with Gasteiger partial charge in [-0.2, -0.15) is 0 Å². The Kier molecular flexibility index (Phi) is 9.02. The van der Waals surface area contributed by atoms with Gasteiger partial charge in [-0.15, -0.1) is 0 Å². The lowest BCUT2D eigenvalue weighted by Gasteiger charge is -2.34. The predicted octanol–water partition coefficient (Wildman–Crippen LogP) is 2.38. The first-order valence-corrected chi connectivity index (χ1v) is 7.67. The number of esters is 1. The van der Waals surface area contributed by atoms with E-state index in [-0.39, 0.29) is 11.5 Å². The number of carbonyl (C=O) groups excluding carboxylic acids is 1. The standard InChI is InChI=1S/C11H20N2O2.2C2H6/c1-12-7-5-11(9-12)4-3-6-13(11)8-10(14)15-2;2*1-2/h3-9H2,1-2H3;2*1-2H3. The fourth-order valence-electron chi connectivity index (χ4n) is 2.98. The molecule has 2 rings (SSSR count). The topological polar surface area (TPSA) is 32.8 Å². The van der Waals surface area contributed by atoms with Crippen LogP contribution in [0.5, 0.6) is 0 Å². The van der Waals surface area contributed by atoms with E-state index in [1.54, 1.807) is 0 Å². The van der Waals surface area contributed by atoms with Crippen molar-refractivity contribution in [2.45, 2.75) is 52.5 Å². The maximum absolute atomic E-state index is 11.3. The molecule has 114 valence electrons. The Balaban J connectivity index is 0.000000741. The van der Waals surface area contributed by atoms with Crippen molar-refractivity contribution in [3.8, 4) is 0 Å². The van der Waals surface area contributed by atoms with Crippen molar-refractivity contribution in [3.05, 3.63) is 0 Å². The molecule has 0 amide bonds. The molecule has 2 heterocycles. The van der Waals surface area contributed by atoms with E-state index in [0.717, 1.165) is 19.6 Å². The summed E-state index contributed by atoms with van der Waals surface area (Å²) in [4.78, 5) is 16.0. The molecule has 1 spiro atoms. The summed E-state index contributed by atoms with van der Waals surface area (Å²) in [5, 5.41) is 0. The van der Waals surface area contributed by atoms with Crippen molar-refractivity contribution in [1.82, 2.24) is 9.80 Å². The molecule has 0 saturated carbocycles. The third kappa shape index (κ3) is 4.77. The largest absolute Gasteiger partial charge is 0.468 e. The van der Waals surface area contributed by atoms with Crippen molar-refractivity contribution >= 4 is 5.97 Å². The van der Waals surface area contributed by atoms with Crippen LogP contribution in [0.2, 0.25) is 0 Å². The van der Waals surface area contributed by atoms with Crippen LogP contribution in [0.3, 0.4) is 0 Å². The van der Waals surface area contributed by atoms with E-state index < -0.39 is 0 Å². The highest BCUT2D eigenvalue weighted by molar-refractivity contribution is 5.71. The lowest BCUT2D eigenvalue weighted by molar-refractivity contribution is -0.143. The zero-order valence-corrected chi connectivity index (χ0v) is 13.7. The minimum Gasteiger partial charge on any atom is -0.468 e. The Hall–Kier alpha value is -0.610. The highest BCUT2D eigenvalue weighted by Gasteiger charge is 2.45. The molecule has 0 aromatic carbocycles. The number of rotatable bonds is 2. The number of methoxy groups -OCH3 is 1. The van der Waals surface area contributed by atoms with E-state index >= 15 is 0 Å². The van der Waals surface area contributed by atoms with E-state index in [9.17, 15) is 4.79 Å². The summed E-state index contributed by atoms with van der Waals surface area (Å²) in [5.74, 6) is -0.106. The van der Waals surface area contributed by atoms with Gasteiger partial charge < -0.3 is 9.64 Å². The van der Waals surface area contributed by atoms with E-state index in [1.165, 1.54) is 26.4 Å². The van der Waals surface area contributed by atoms with Gasteiger partial charge in [0.15, 0.2) is 0 Å². The lowest BCUT2D eigenvalue weighted by atomic mass is 9.95. The molecule has 0 radical (unpaired) electrons. The van der Waals surface area contributed by atoms with Crippen LogP contribution < -0.4 is 0 Å². The molecular formula is C15H32N2O2. The molecule has 0 N–H and O–H groups in total. The summed E-state index contributed by atoms with van der Waals surface area (Å²) >= 11 is 0. The first kappa shape index (κ1) is 18.4. The molecule has 1 unspecified atom stereocenters. The SMILES string of the molecule is CC.CC.COC(=O)CN1CCCC12CCN(C)C2. The van der Waals surface area contributed by atoms with Gasteiger partial charge in [0.25, 0.3) is 0 Å². The van der Waals surface area contributed by atoms with Gasteiger partial charge in [-0.05, 0) is 39.4 Å². The summed E-state index contributed by atoms with van der Waals surface area (Å²) < 4.78 is 4.75. The van der Waals surface area contributed by atoms with Gasteiger partial charge in [-0.3, -0.25) is 9.69 Å². The first-order chi connectivity index (χ1) is 9.16. The van der Waals surface area contributed by atoms with Gasteiger partial charge >= 0.3 is 5.97 Å². The lowest BCUT2D eigenvalue weighted by Crippen LogP contribution is -2.48. The number of nitrogens with zero attached hydrogens (tertiary/aromatic N) is 2. The Morgan fingerprint density at radius 1 is 1.16 bits per heavy atom. The van der Waals surface area contributed by atoms with Crippen molar-refractivity contribution in [3.63, 3.8) is 0 Å². The van der Waals surface area contributed by atoms with Crippen LogP contribution in [0.1, 0.15) is 47.0 Å². The Morgan fingerprint density at radius 3 is 2.26 bits per heavy atom. The van der Waals surface area contributed by atoms with Crippen LogP contribution in [0.4, 0.5) is 0 Å². The molecule has 2 aliphatic rings. The summed E-state index contributed by atoms with van der Waals surface area (Å²) in [6.45, 7) is 11.8. The van der Waals surface area contributed by atoms with Crippen LogP contribution in [0.25, 0.3) is 0 Å². The first-order valence-electron chi connectivity index (χ1n) is 7.67. The molecule has 0 aromatic heterocycles. The van der Waals surface area contributed by atoms with Crippen LogP contribution in [0, 0.1) is 0 Å². The van der Waals surface area contributed by atoms with Gasteiger partial charge in [0, 0.05) is 12.1 Å². The third-order valence-electron chi connectivity index (χ3n) is 3.81. The Labute approximate surface area is 119 Å². The zero-order valence-electron chi connectivity index (χ0n) is 13.7. The summed E-state index contributed by atoms with van der Waals surface area (Å²) in [7, 11) is 3.62. The fourth-order valence-corrected chi connectivity index (χ4v) is 2.98. The van der Waals surface area contributed by atoms with Crippen LogP contribution in [-0.2, 0) is 9.53 Å². The predicted molar refractivity (Wildman–Crippen MR) is 80.4 cm³/mol. The summed E-state index contributed by atoms with van der Waals surface area (Å²) in [6.07, 6.45) is 3.64. The second kappa shape index (κ2) is 9.32.